The van der Waals surface area contributed by atoms with Crippen molar-refractivity contribution in [1.29, 1.82) is 0 Å². The number of aryl methyl sites for hydroxylation is 1. The smallest absolute Gasteiger partial charge is 0.208 e. The molecule has 0 atom stereocenters. The molecule has 0 nitrogen and oxygen atoms in total. The van der Waals surface area contributed by atoms with Crippen molar-refractivity contribution in [2.45, 2.75) is 58.3 Å². The molecule has 0 aliphatic carbocycles. The molecular weight excluding hydrogens is 398 g/mol. The lowest BCUT2D eigenvalue weighted by atomic mass is 10.1. The maximum atomic E-state index is 13.7. The van der Waals surface area contributed by atoms with Crippen molar-refractivity contribution in [3.05, 3.63) is 43.3 Å². The zero-order valence-corrected chi connectivity index (χ0v) is 15.8. The molecule has 0 heterocycles. The van der Waals surface area contributed by atoms with Gasteiger partial charge >= 0.3 is 21.2 Å². The van der Waals surface area contributed by atoms with E-state index in [9.17, 15) is 4.39 Å². The lowest BCUT2D eigenvalue weighted by Crippen LogP contribution is -3.59. The molecular formula is C18H26ClFI+. The van der Waals surface area contributed by atoms with Crippen LogP contribution in [0, 0.1) is 10.5 Å². The highest BCUT2D eigenvalue weighted by Gasteiger charge is 2.10. The van der Waals surface area contributed by atoms with Crippen molar-refractivity contribution in [3.8, 4) is 0 Å². The Morgan fingerprint density at radius 2 is 1.57 bits per heavy atom. The summed E-state index contributed by atoms with van der Waals surface area (Å²) in [5.41, 5.74) is 1.26. The van der Waals surface area contributed by atoms with Gasteiger partial charge in [0.15, 0.2) is 7.65 Å². The van der Waals surface area contributed by atoms with Crippen molar-refractivity contribution >= 4 is 11.6 Å². The number of allylic oxidation sites excluding steroid dienone is 1. The first-order valence-electron chi connectivity index (χ1n) is 7.83. The van der Waals surface area contributed by atoms with E-state index >= 15 is 0 Å². The monoisotopic (exact) mass is 423 g/mol. The van der Waals surface area contributed by atoms with Gasteiger partial charge in [-0.15, -0.1) is 11.6 Å². The summed E-state index contributed by atoms with van der Waals surface area (Å²) in [4.78, 5) is 0. The second-order valence-corrected chi connectivity index (χ2v) is 8.24. The molecule has 0 aliphatic rings. The molecule has 3 heteroatoms. The van der Waals surface area contributed by atoms with Crippen LogP contribution in [0.1, 0.15) is 56.9 Å². The molecule has 0 N–H and O–H groups in total. The molecule has 1 rings (SSSR count). The molecule has 0 radical (unpaired) electrons. The first-order chi connectivity index (χ1) is 10.2. The van der Waals surface area contributed by atoms with Crippen LogP contribution in [0.5, 0.6) is 0 Å². The molecule has 0 unspecified atom stereocenters. The van der Waals surface area contributed by atoms with Gasteiger partial charge in [-0.2, -0.15) is 0 Å². The van der Waals surface area contributed by atoms with E-state index in [1.54, 1.807) is 0 Å². The van der Waals surface area contributed by atoms with Crippen molar-refractivity contribution in [1.82, 2.24) is 0 Å². The first kappa shape index (κ1) is 19.0. The second kappa shape index (κ2) is 12.5. The Labute approximate surface area is 144 Å². The third-order valence-corrected chi connectivity index (χ3v) is 6.05. The van der Waals surface area contributed by atoms with E-state index in [4.69, 9.17) is 11.6 Å². The topological polar surface area (TPSA) is 0 Å². The van der Waals surface area contributed by atoms with Crippen LogP contribution in [0.15, 0.2) is 34.2 Å². The summed E-state index contributed by atoms with van der Waals surface area (Å²) in [5, 5.41) is 0. The van der Waals surface area contributed by atoms with Crippen LogP contribution >= 0.6 is 11.6 Å². The zero-order chi connectivity index (χ0) is 15.3. The Morgan fingerprint density at radius 3 is 2.19 bits per heavy atom. The van der Waals surface area contributed by atoms with Gasteiger partial charge in [0.25, 0.3) is 0 Å². The Bertz CT molecular complexity index is 400. The fourth-order valence-electron chi connectivity index (χ4n) is 2.05. The van der Waals surface area contributed by atoms with Crippen molar-refractivity contribution in [2.75, 3.05) is 5.88 Å². The van der Waals surface area contributed by atoms with Crippen LogP contribution in [-0.4, -0.2) is 5.88 Å². The fraction of sp³-hybridized carbons (Fsp3) is 0.556. The predicted octanol–water partition coefficient (Wildman–Crippen LogP) is 3.42. The van der Waals surface area contributed by atoms with E-state index in [0.717, 1.165) is 25.1 Å². The SMILES string of the molecule is Cc1ccc([I+]/C=C(/F)CCCCCCCCCCl)cc1. The molecule has 1 aromatic rings. The number of unbranched alkanes of at least 4 members (excludes halogenated alkanes) is 6. The van der Waals surface area contributed by atoms with Crippen LogP contribution in [0.4, 0.5) is 4.39 Å². The summed E-state index contributed by atoms with van der Waals surface area (Å²) in [5.74, 6) is 0.866. The lowest BCUT2D eigenvalue weighted by Gasteiger charge is -1.99. The highest BCUT2D eigenvalue weighted by atomic mass is 127. The minimum Gasteiger partial charge on any atom is -0.208 e. The molecule has 1 aromatic carbocycles. The molecule has 0 amide bonds. The number of alkyl halides is 1. The molecule has 21 heavy (non-hydrogen) atoms. The summed E-state index contributed by atoms with van der Waals surface area (Å²) in [6, 6.07) is 8.44. The van der Waals surface area contributed by atoms with E-state index in [1.165, 1.54) is 34.8 Å². The largest absolute Gasteiger partial charge is 0.352 e. The van der Waals surface area contributed by atoms with Crippen LogP contribution in [-0.2, 0) is 0 Å². The molecule has 0 saturated heterocycles. The van der Waals surface area contributed by atoms with Crippen molar-refractivity contribution in [2.24, 2.45) is 0 Å². The first-order valence-corrected chi connectivity index (χ1v) is 10.7. The Hall–Kier alpha value is -0.0900. The molecule has 0 fully saturated rings. The molecule has 0 spiro atoms. The van der Waals surface area contributed by atoms with E-state index in [2.05, 4.69) is 31.2 Å². The highest BCUT2D eigenvalue weighted by molar-refractivity contribution is 6.17. The average molecular weight is 424 g/mol. The van der Waals surface area contributed by atoms with E-state index in [-0.39, 0.29) is 27.0 Å². The van der Waals surface area contributed by atoms with E-state index in [0.29, 0.717) is 6.42 Å². The summed E-state index contributed by atoms with van der Waals surface area (Å²) in [6.45, 7) is 2.08. The van der Waals surface area contributed by atoms with Crippen LogP contribution in [0.2, 0.25) is 0 Å². The van der Waals surface area contributed by atoms with Crippen LogP contribution in [0.3, 0.4) is 0 Å². The van der Waals surface area contributed by atoms with Crippen molar-refractivity contribution in [3.63, 3.8) is 0 Å². The minimum atomic E-state index is -0.312. The van der Waals surface area contributed by atoms with Gasteiger partial charge in [0, 0.05) is 12.3 Å². The number of benzene rings is 1. The Balaban J connectivity index is 2.06. The molecule has 0 aromatic heterocycles. The van der Waals surface area contributed by atoms with E-state index < -0.39 is 0 Å². The minimum absolute atomic E-state index is 0.0884. The number of hydrogen-bond donors (Lipinski definition) is 0. The fourth-order valence-corrected chi connectivity index (χ4v) is 4.03. The normalized spacial score (nSPS) is 11.9. The standard InChI is InChI=1S/C18H26ClFI/c1-16-10-12-18(13-11-16)21-15-17(20)9-7-5-3-2-4-6-8-14-19/h10-13,15H,2-9,14H2,1H3/q+1/b17-15+. The maximum Gasteiger partial charge on any atom is 0.352 e. The summed E-state index contributed by atoms with van der Waals surface area (Å²) in [6.07, 6.45) is 8.86. The maximum absolute atomic E-state index is 13.7. The molecule has 0 aliphatic heterocycles. The average Bonchev–Trinajstić information content (AvgIpc) is 2.49. The van der Waals surface area contributed by atoms with Gasteiger partial charge in [0.1, 0.15) is 5.83 Å². The van der Waals surface area contributed by atoms with Crippen LogP contribution < -0.4 is 21.2 Å². The van der Waals surface area contributed by atoms with Gasteiger partial charge in [0.05, 0.1) is 0 Å². The van der Waals surface area contributed by atoms with Crippen molar-refractivity contribution < 1.29 is 25.6 Å². The summed E-state index contributed by atoms with van der Waals surface area (Å²) in [7, 11) is 0. The predicted molar refractivity (Wildman–Crippen MR) is 86.7 cm³/mol. The van der Waals surface area contributed by atoms with Gasteiger partial charge in [0.2, 0.25) is 0 Å². The van der Waals surface area contributed by atoms with Crippen LogP contribution in [0.25, 0.3) is 0 Å². The number of halogens is 3. The third kappa shape index (κ3) is 10.3. The summed E-state index contributed by atoms with van der Waals surface area (Å²) >= 11 is 5.32. The molecule has 0 bridgehead atoms. The van der Waals surface area contributed by atoms with E-state index in [1.807, 2.05) is 4.08 Å². The Morgan fingerprint density at radius 1 is 1.00 bits per heavy atom. The van der Waals surface area contributed by atoms with Gasteiger partial charge < -0.3 is 0 Å². The Kier molecular flexibility index (Phi) is 11.2. The third-order valence-electron chi connectivity index (χ3n) is 3.36. The van der Waals surface area contributed by atoms with Gasteiger partial charge in [-0.25, -0.2) is 4.39 Å². The number of rotatable bonds is 11. The molecule has 118 valence electrons. The molecule has 0 saturated carbocycles. The summed E-state index contributed by atoms with van der Waals surface area (Å²) < 4.78 is 16.8. The quantitative estimate of drug-likeness (QED) is 0.291. The lowest BCUT2D eigenvalue weighted by molar-refractivity contribution is -0.558. The zero-order valence-electron chi connectivity index (χ0n) is 12.9. The highest BCUT2D eigenvalue weighted by Crippen LogP contribution is 2.12. The van der Waals surface area contributed by atoms with Gasteiger partial charge in [-0.3, -0.25) is 0 Å². The number of hydrogen-bond acceptors (Lipinski definition) is 0. The second-order valence-electron chi connectivity index (χ2n) is 5.37. The van der Waals surface area contributed by atoms with Gasteiger partial charge in [-0.1, -0.05) is 49.8 Å². The van der Waals surface area contributed by atoms with Gasteiger partial charge in [-0.05, 0) is 31.9 Å².